The summed E-state index contributed by atoms with van der Waals surface area (Å²) in [6.45, 7) is 5.31. The van der Waals surface area contributed by atoms with Crippen molar-refractivity contribution in [3.63, 3.8) is 0 Å². The smallest absolute Gasteiger partial charge is 0.177 e. The Labute approximate surface area is 107 Å². The fourth-order valence-corrected chi connectivity index (χ4v) is 2.68. The second kappa shape index (κ2) is 4.65. The summed E-state index contributed by atoms with van der Waals surface area (Å²) in [6.07, 6.45) is 3.63. The van der Waals surface area contributed by atoms with E-state index in [0.717, 1.165) is 36.0 Å². The molecule has 1 aliphatic heterocycles. The molecule has 1 saturated heterocycles. The lowest BCUT2D eigenvalue weighted by atomic mass is 9.90. The van der Waals surface area contributed by atoms with E-state index in [1.165, 1.54) is 12.8 Å². The first-order valence-electron chi connectivity index (χ1n) is 6.70. The van der Waals surface area contributed by atoms with Gasteiger partial charge in [0.1, 0.15) is 0 Å². The molecule has 1 aliphatic rings. The number of aryl methyl sites for hydroxylation is 1. The van der Waals surface area contributed by atoms with Crippen molar-refractivity contribution in [3.8, 4) is 0 Å². The number of piperidine rings is 1. The molecule has 0 bridgehead atoms. The highest BCUT2D eigenvalue weighted by Gasteiger charge is 2.25. The lowest BCUT2D eigenvalue weighted by molar-refractivity contribution is 0.288. The number of hydrogen-bond donors (Lipinski definition) is 1. The summed E-state index contributed by atoms with van der Waals surface area (Å²) in [5.74, 6) is 1.74. The highest BCUT2D eigenvalue weighted by molar-refractivity contribution is 5.36. The Bertz CT molecular complexity index is 547. The summed E-state index contributed by atoms with van der Waals surface area (Å²) in [6, 6.07) is 4.23. The van der Waals surface area contributed by atoms with Gasteiger partial charge in [0.2, 0.25) is 0 Å². The van der Waals surface area contributed by atoms with Gasteiger partial charge in [-0.2, -0.15) is 9.61 Å². The maximum Gasteiger partial charge on any atom is 0.177 e. The number of fused-ring (bicyclic) bond motifs is 1. The third-order valence-electron chi connectivity index (χ3n) is 3.82. The molecule has 0 radical (unpaired) electrons. The van der Waals surface area contributed by atoms with Crippen LogP contribution in [0.2, 0.25) is 0 Å². The normalized spacial score (nSPS) is 24.6. The Morgan fingerprint density at radius 3 is 3.11 bits per heavy atom. The van der Waals surface area contributed by atoms with Crippen LogP contribution >= 0.6 is 0 Å². The van der Waals surface area contributed by atoms with Crippen LogP contribution in [0.25, 0.3) is 5.65 Å². The second-order valence-electron chi connectivity index (χ2n) is 5.11. The van der Waals surface area contributed by atoms with Crippen LogP contribution in [0.4, 0.5) is 0 Å². The molecular formula is C13H19N5. The molecule has 3 heterocycles. The number of rotatable bonds is 2. The molecule has 0 aliphatic carbocycles. The van der Waals surface area contributed by atoms with Gasteiger partial charge in [0, 0.05) is 0 Å². The van der Waals surface area contributed by atoms with Crippen molar-refractivity contribution in [3.05, 3.63) is 23.7 Å². The zero-order valence-electron chi connectivity index (χ0n) is 10.9. The van der Waals surface area contributed by atoms with Crippen molar-refractivity contribution >= 4 is 5.65 Å². The molecule has 18 heavy (non-hydrogen) atoms. The highest BCUT2D eigenvalue weighted by atomic mass is 15.4. The van der Waals surface area contributed by atoms with E-state index in [4.69, 9.17) is 0 Å². The average Bonchev–Trinajstić information content (AvgIpc) is 2.81. The molecule has 0 saturated carbocycles. The van der Waals surface area contributed by atoms with E-state index in [2.05, 4.69) is 27.5 Å². The van der Waals surface area contributed by atoms with Gasteiger partial charge in [-0.15, -0.1) is 10.2 Å². The fourth-order valence-electron chi connectivity index (χ4n) is 2.68. The minimum Gasteiger partial charge on any atom is -0.307 e. The number of aromatic nitrogens is 4. The molecule has 5 heteroatoms. The first-order chi connectivity index (χ1) is 8.78. The third kappa shape index (κ3) is 1.99. The maximum absolute atomic E-state index is 4.51. The molecule has 96 valence electrons. The minimum atomic E-state index is 0.285. The zero-order chi connectivity index (χ0) is 12.5. The van der Waals surface area contributed by atoms with Gasteiger partial charge in [-0.25, -0.2) is 0 Å². The Kier molecular flexibility index (Phi) is 2.99. The minimum absolute atomic E-state index is 0.285. The van der Waals surface area contributed by atoms with Gasteiger partial charge in [-0.05, 0) is 44.4 Å². The topological polar surface area (TPSA) is 55.1 Å². The van der Waals surface area contributed by atoms with Crippen LogP contribution in [-0.2, 0) is 0 Å². The van der Waals surface area contributed by atoms with Gasteiger partial charge in [-0.3, -0.25) is 0 Å². The van der Waals surface area contributed by atoms with Crippen molar-refractivity contribution in [1.82, 2.24) is 25.1 Å². The zero-order valence-corrected chi connectivity index (χ0v) is 10.9. The van der Waals surface area contributed by atoms with Crippen LogP contribution in [-0.4, -0.2) is 26.4 Å². The molecule has 2 aromatic heterocycles. The lowest BCUT2D eigenvalue weighted by Gasteiger charge is -2.28. The van der Waals surface area contributed by atoms with E-state index < -0.39 is 0 Å². The van der Waals surface area contributed by atoms with Crippen LogP contribution in [0.1, 0.15) is 43.7 Å². The summed E-state index contributed by atoms with van der Waals surface area (Å²) in [4.78, 5) is 0. The highest BCUT2D eigenvalue weighted by Crippen LogP contribution is 2.27. The van der Waals surface area contributed by atoms with Gasteiger partial charge in [-0.1, -0.05) is 13.3 Å². The van der Waals surface area contributed by atoms with E-state index in [0.29, 0.717) is 0 Å². The molecule has 0 amide bonds. The largest absolute Gasteiger partial charge is 0.307 e. The monoisotopic (exact) mass is 245 g/mol. The average molecular weight is 245 g/mol. The van der Waals surface area contributed by atoms with E-state index in [9.17, 15) is 0 Å². The van der Waals surface area contributed by atoms with Crippen LogP contribution in [0.15, 0.2) is 12.1 Å². The van der Waals surface area contributed by atoms with Crippen LogP contribution < -0.4 is 5.32 Å². The molecule has 0 spiro atoms. The summed E-state index contributed by atoms with van der Waals surface area (Å²) >= 11 is 0. The molecular weight excluding hydrogens is 226 g/mol. The molecule has 1 N–H and O–H groups in total. The standard InChI is InChI=1S/C13H19N5/c1-3-10-6-7-14-11(8-10)13-16-15-12-5-4-9(2)17-18(12)13/h4-5,10-11,14H,3,6-8H2,1-2H3. The van der Waals surface area contributed by atoms with Gasteiger partial charge in [0.05, 0.1) is 11.7 Å². The van der Waals surface area contributed by atoms with Crippen molar-refractivity contribution < 1.29 is 0 Å². The fraction of sp³-hybridized carbons (Fsp3) is 0.615. The van der Waals surface area contributed by atoms with E-state index in [1.54, 1.807) is 0 Å². The Morgan fingerprint density at radius 1 is 1.39 bits per heavy atom. The lowest BCUT2D eigenvalue weighted by Crippen LogP contribution is -2.33. The Balaban J connectivity index is 1.96. The molecule has 1 fully saturated rings. The second-order valence-corrected chi connectivity index (χ2v) is 5.11. The summed E-state index contributed by atoms with van der Waals surface area (Å²) in [5.41, 5.74) is 1.82. The first kappa shape index (κ1) is 11.6. The maximum atomic E-state index is 4.51. The first-order valence-corrected chi connectivity index (χ1v) is 6.70. The van der Waals surface area contributed by atoms with Crippen LogP contribution in [0.5, 0.6) is 0 Å². The van der Waals surface area contributed by atoms with Crippen molar-refractivity contribution in [2.45, 2.75) is 39.2 Å². The number of nitrogens with zero attached hydrogens (tertiary/aromatic N) is 4. The SMILES string of the molecule is CCC1CCNC(c2nnc3ccc(C)nn23)C1. The quantitative estimate of drug-likeness (QED) is 0.877. The Hall–Kier alpha value is -1.49. The van der Waals surface area contributed by atoms with E-state index >= 15 is 0 Å². The van der Waals surface area contributed by atoms with E-state index in [1.807, 2.05) is 23.6 Å². The van der Waals surface area contributed by atoms with Crippen LogP contribution in [0, 0.1) is 12.8 Å². The predicted octanol–water partition coefficient (Wildman–Crippen LogP) is 1.88. The van der Waals surface area contributed by atoms with Gasteiger partial charge in [0.15, 0.2) is 11.5 Å². The summed E-state index contributed by atoms with van der Waals surface area (Å²) < 4.78 is 1.88. The van der Waals surface area contributed by atoms with E-state index in [-0.39, 0.29) is 6.04 Å². The molecule has 2 aromatic rings. The summed E-state index contributed by atoms with van der Waals surface area (Å²) in [5, 5.41) is 16.6. The molecule has 0 aromatic carbocycles. The predicted molar refractivity (Wildman–Crippen MR) is 69.3 cm³/mol. The van der Waals surface area contributed by atoms with Crippen molar-refractivity contribution in [2.24, 2.45) is 5.92 Å². The van der Waals surface area contributed by atoms with Crippen molar-refractivity contribution in [2.75, 3.05) is 6.54 Å². The van der Waals surface area contributed by atoms with Crippen molar-refractivity contribution in [1.29, 1.82) is 0 Å². The third-order valence-corrected chi connectivity index (χ3v) is 3.82. The number of hydrogen-bond acceptors (Lipinski definition) is 4. The molecule has 2 unspecified atom stereocenters. The molecule has 3 rings (SSSR count). The molecule has 2 atom stereocenters. The van der Waals surface area contributed by atoms with Crippen LogP contribution in [0.3, 0.4) is 0 Å². The van der Waals surface area contributed by atoms with Gasteiger partial charge < -0.3 is 5.32 Å². The molecule has 5 nitrogen and oxygen atoms in total. The van der Waals surface area contributed by atoms with Gasteiger partial charge >= 0.3 is 0 Å². The number of nitrogens with one attached hydrogen (secondary N) is 1. The van der Waals surface area contributed by atoms with Gasteiger partial charge in [0.25, 0.3) is 0 Å². The summed E-state index contributed by atoms with van der Waals surface area (Å²) in [7, 11) is 0. The Morgan fingerprint density at radius 2 is 2.28 bits per heavy atom.